The highest BCUT2D eigenvalue weighted by molar-refractivity contribution is 5.98. The van der Waals surface area contributed by atoms with Gasteiger partial charge < -0.3 is 14.7 Å². The van der Waals surface area contributed by atoms with Crippen LogP contribution in [0, 0.1) is 23.7 Å². The van der Waals surface area contributed by atoms with Crippen LogP contribution in [0.1, 0.15) is 45.1 Å². The number of carbonyl (C=O) groups excluding carboxylic acids is 4. The molecular weight excluding hydrogens is 480 g/mol. The van der Waals surface area contributed by atoms with Gasteiger partial charge in [-0.05, 0) is 42.7 Å². The molecule has 0 bridgehead atoms. The molecule has 3 aliphatic heterocycles. The second-order valence-corrected chi connectivity index (χ2v) is 11.6. The highest BCUT2D eigenvalue weighted by Gasteiger charge is 2.52. The van der Waals surface area contributed by atoms with Crippen molar-refractivity contribution in [3.8, 4) is 0 Å². The average Bonchev–Trinajstić information content (AvgIpc) is 3.49. The Morgan fingerprint density at radius 3 is 2.55 bits per heavy atom. The zero-order valence-corrected chi connectivity index (χ0v) is 22.4. The quantitative estimate of drug-likeness (QED) is 0.554. The lowest BCUT2D eigenvalue weighted by Gasteiger charge is -2.38. The third-order valence-electron chi connectivity index (χ3n) is 8.52. The summed E-state index contributed by atoms with van der Waals surface area (Å²) >= 11 is 0. The predicted octanol–water partition coefficient (Wildman–Crippen LogP) is 2.65. The molecule has 1 aromatic heterocycles. The van der Waals surface area contributed by atoms with Gasteiger partial charge in [-0.3, -0.25) is 24.2 Å². The van der Waals surface area contributed by atoms with Crippen molar-refractivity contribution in [3.05, 3.63) is 54.4 Å². The number of hydrogen-bond donors (Lipinski definition) is 0. The van der Waals surface area contributed by atoms with E-state index < -0.39 is 12.0 Å². The topological polar surface area (TPSA) is 90.9 Å². The summed E-state index contributed by atoms with van der Waals surface area (Å²) in [6.07, 6.45) is 14.3. The number of nitrogens with zero attached hydrogens (tertiary/aromatic N) is 4. The molecule has 5 rings (SSSR count). The number of aromatic nitrogens is 1. The predicted molar refractivity (Wildman–Crippen MR) is 143 cm³/mol. The van der Waals surface area contributed by atoms with E-state index in [1.807, 2.05) is 17.0 Å². The summed E-state index contributed by atoms with van der Waals surface area (Å²) in [5.74, 6) is 0.291. The summed E-state index contributed by atoms with van der Waals surface area (Å²) in [5.41, 5.74) is 0.804. The molecule has 0 N–H and O–H groups in total. The Morgan fingerprint density at radius 2 is 1.82 bits per heavy atom. The molecule has 0 spiro atoms. The maximum absolute atomic E-state index is 13.9. The van der Waals surface area contributed by atoms with Crippen LogP contribution in [0.25, 0.3) is 0 Å². The Morgan fingerprint density at radius 1 is 1.03 bits per heavy atom. The summed E-state index contributed by atoms with van der Waals surface area (Å²) in [6.45, 7) is 5.98. The highest BCUT2D eigenvalue weighted by atomic mass is 16.2. The van der Waals surface area contributed by atoms with E-state index in [1.165, 1.54) is 0 Å². The number of Topliss-reactive ketones (excluding diaryl/α,β-unsaturated/α-hetero) is 1. The van der Waals surface area contributed by atoms with Crippen LogP contribution in [0.4, 0.5) is 0 Å². The van der Waals surface area contributed by atoms with Crippen molar-refractivity contribution >= 4 is 23.5 Å². The van der Waals surface area contributed by atoms with E-state index in [0.29, 0.717) is 44.3 Å². The van der Waals surface area contributed by atoms with Crippen molar-refractivity contribution in [2.24, 2.45) is 23.7 Å². The SMILES string of the molecule is CC(C)CC(CC(=O)N1CCC2C=CC=CC2C1)C(=O)N1CCC2C1C(=O)CN2C(=O)Cc1cccnc1. The van der Waals surface area contributed by atoms with Gasteiger partial charge in [-0.15, -0.1) is 0 Å². The largest absolute Gasteiger partial charge is 0.342 e. The molecule has 0 radical (unpaired) electrons. The van der Waals surface area contributed by atoms with Crippen LogP contribution in [0.3, 0.4) is 0 Å². The van der Waals surface area contributed by atoms with E-state index in [2.05, 4.69) is 37.1 Å². The van der Waals surface area contributed by atoms with Crippen molar-refractivity contribution in [3.63, 3.8) is 0 Å². The van der Waals surface area contributed by atoms with Crippen LogP contribution in [-0.4, -0.2) is 81.5 Å². The summed E-state index contributed by atoms with van der Waals surface area (Å²) in [6, 6.07) is 2.73. The number of ketones is 1. The van der Waals surface area contributed by atoms with Gasteiger partial charge in [-0.25, -0.2) is 0 Å². The lowest BCUT2D eigenvalue weighted by molar-refractivity contribution is -0.144. The number of carbonyl (C=O) groups is 4. The second kappa shape index (κ2) is 11.2. The monoisotopic (exact) mass is 518 g/mol. The lowest BCUT2D eigenvalue weighted by Crippen LogP contribution is -2.48. The molecule has 0 saturated carbocycles. The Labute approximate surface area is 224 Å². The molecule has 3 saturated heterocycles. The summed E-state index contributed by atoms with van der Waals surface area (Å²) in [4.78, 5) is 62.7. The lowest BCUT2D eigenvalue weighted by atomic mass is 9.82. The maximum atomic E-state index is 13.9. The zero-order valence-electron chi connectivity index (χ0n) is 22.4. The number of amides is 3. The van der Waals surface area contributed by atoms with Gasteiger partial charge >= 0.3 is 0 Å². The van der Waals surface area contributed by atoms with E-state index in [4.69, 9.17) is 0 Å². The molecule has 3 fully saturated rings. The molecule has 38 heavy (non-hydrogen) atoms. The van der Waals surface area contributed by atoms with Crippen LogP contribution in [0.5, 0.6) is 0 Å². The first-order valence-corrected chi connectivity index (χ1v) is 14.0. The molecule has 5 unspecified atom stereocenters. The maximum Gasteiger partial charge on any atom is 0.227 e. The molecule has 4 heterocycles. The van der Waals surface area contributed by atoms with Crippen molar-refractivity contribution in [2.75, 3.05) is 26.2 Å². The molecule has 0 aromatic carbocycles. The first-order valence-electron chi connectivity index (χ1n) is 14.0. The Kier molecular flexibility index (Phi) is 7.77. The third kappa shape index (κ3) is 5.45. The number of hydrogen-bond acceptors (Lipinski definition) is 5. The Balaban J connectivity index is 1.25. The van der Waals surface area contributed by atoms with Crippen LogP contribution in [-0.2, 0) is 25.6 Å². The number of piperidine rings is 1. The van der Waals surface area contributed by atoms with Crippen molar-refractivity contribution in [2.45, 2.75) is 58.0 Å². The fourth-order valence-electron chi connectivity index (χ4n) is 6.67. The molecule has 8 heteroatoms. The molecular formula is C30H38N4O4. The van der Waals surface area contributed by atoms with Crippen LogP contribution < -0.4 is 0 Å². The minimum atomic E-state index is -0.611. The Bertz CT molecular complexity index is 1130. The first-order chi connectivity index (χ1) is 18.3. The smallest absolute Gasteiger partial charge is 0.227 e. The van der Waals surface area contributed by atoms with Gasteiger partial charge in [0.2, 0.25) is 17.7 Å². The van der Waals surface area contributed by atoms with Gasteiger partial charge in [0.15, 0.2) is 5.78 Å². The number of rotatable bonds is 7. The minimum absolute atomic E-state index is 0.0205. The minimum Gasteiger partial charge on any atom is -0.342 e. The summed E-state index contributed by atoms with van der Waals surface area (Å²) < 4.78 is 0. The number of allylic oxidation sites excluding steroid dienone is 3. The van der Waals surface area contributed by atoms with Gasteiger partial charge in [0.1, 0.15) is 6.04 Å². The second-order valence-electron chi connectivity index (χ2n) is 11.6. The normalized spacial score (nSPS) is 27.0. The van der Waals surface area contributed by atoms with Crippen molar-refractivity contribution < 1.29 is 19.2 Å². The van der Waals surface area contributed by atoms with Gasteiger partial charge in [0, 0.05) is 50.3 Å². The van der Waals surface area contributed by atoms with Crippen LogP contribution in [0.15, 0.2) is 48.8 Å². The van der Waals surface area contributed by atoms with E-state index in [1.54, 1.807) is 28.3 Å². The van der Waals surface area contributed by atoms with E-state index >= 15 is 0 Å². The molecule has 1 aromatic rings. The molecule has 202 valence electrons. The number of likely N-dealkylation sites (tertiary alicyclic amines) is 3. The van der Waals surface area contributed by atoms with Crippen molar-refractivity contribution in [1.29, 1.82) is 0 Å². The number of fused-ring (bicyclic) bond motifs is 2. The third-order valence-corrected chi connectivity index (χ3v) is 8.52. The number of pyridine rings is 1. The molecule has 3 amide bonds. The van der Waals surface area contributed by atoms with Gasteiger partial charge in [0.25, 0.3) is 0 Å². The Hall–Kier alpha value is -3.29. The molecule has 1 aliphatic carbocycles. The van der Waals surface area contributed by atoms with E-state index in [-0.39, 0.29) is 54.9 Å². The summed E-state index contributed by atoms with van der Waals surface area (Å²) in [5, 5.41) is 0. The average molecular weight is 519 g/mol. The zero-order chi connectivity index (χ0) is 26.8. The van der Waals surface area contributed by atoms with Crippen LogP contribution >= 0.6 is 0 Å². The highest BCUT2D eigenvalue weighted by Crippen LogP contribution is 2.34. The first kappa shape index (κ1) is 26.3. The van der Waals surface area contributed by atoms with Gasteiger partial charge in [-0.1, -0.05) is 44.2 Å². The van der Waals surface area contributed by atoms with Gasteiger partial charge in [-0.2, -0.15) is 0 Å². The fourth-order valence-corrected chi connectivity index (χ4v) is 6.67. The fraction of sp³-hybridized carbons (Fsp3) is 0.567. The summed E-state index contributed by atoms with van der Waals surface area (Å²) in [7, 11) is 0. The molecule has 4 aliphatic rings. The van der Waals surface area contributed by atoms with Crippen LogP contribution in [0.2, 0.25) is 0 Å². The van der Waals surface area contributed by atoms with Crippen molar-refractivity contribution in [1.82, 2.24) is 19.7 Å². The standard InChI is InChI=1S/C30H38N4O4/c1-20(2)14-24(16-27(36)32-12-9-22-7-3-4-8-23(22)18-32)30(38)33-13-10-25-29(33)26(35)19-34(25)28(37)15-21-6-5-11-31-17-21/h3-8,11,17,20,22-25,29H,9-10,12-16,18-19H2,1-2H3. The van der Waals surface area contributed by atoms with E-state index in [9.17, 15) is 19.2 Å². The molecule has 8 nitrogen and oxygen atoms in total. The van der Waals surface area contributed by atoms with Gasteiger partial charge in [0.05, 0.1) is 19.0 Å². The van der Waals surface area contributed by atoms with E-state index in [0.717, 1.165) is 12.0 Å². The molecule has 5 atom stereocenters.